The number of benzene rings is 1. The van der Waals surface area contributed by atoms with Crippen LogP contribution in [0.3, 0.4) is 0 Å². The number of piperidine rings is 1. The van der Waals surface area contributed by atoms with Crippen LogP contribution in [0, 0.1) is 0 Å². The number of amides is 2. The van der Waals surface area contributed by atoms with E-state index in [-0.39, 0.29) is 13.2 Å². The van der Waals surface area contributed by atoms with Gasteiger partial charge < -0.3 is 19.7 Å². The van der Waals surface area contributed by atoms with E-state index in [1.807, 2.05) is 30.3 Å². The van der Waals surface area contributed by atoms with Crippen LogP contribution in [0.5, 0.6) is 0 Å². The third kappa shape index (κ3) is 4.70. The van der Waals surface area contributed by atoms with Crippen LogP contribution < -0.4 is 5.32 Å². The highest BCUT2D eigenvalue weighted by atomic mass is 35.5. The van der Waals surface area contributed by atoms with Crippen LogP contribution in [0.15, 0.2) is 35.7 Å². The first-order valence-electron chi connectivity index (χ1n) is 8.46. The van der Waals surface area contributed by atoms with E-state index in [0.29, 0.717) is 29.5 Å². The molecule has 0 spiro atoms. The molecule has 27 heavy (non-hydrogen) atoms. The third-order valence-electron chi connectivity index (χ3n) is 4.45. The number of nitrogens with zero attached hydrogens (tertiary/aromatic N) is 2. The molecule has 1 saturated heterocycles. The molecule has 1 aliphatic heterocycles. The molecule has 9 heteroatoms. The second-order valence-corrected chi connectivity index (χ2v) is 7.69. The van der Waals surface area contributed by atoms with Gasteiger partial charge in [-0.15, -0.1) is 11.3 Å². The maximum atomic E-state index is 12.6. The van der Waals surface area contributed by atoms with Crippen molar-refractivity contribution in [3.8, 4) is 0 Å². The topological polar surface area (TPSA) is 80.8 Å². The molecule has 3 rings (SSSR count). The number of methoxy groups -OCH3 is 1. The van der Waals surface area contributed by atoms with Crippen LogP contribution in [0.25, 0.3) is 0 Å². The summed E-state index contributed by atoms with van der Waals surface area (Å²) in [6.45, 7) is 0.960. The lowest BCUT2D eigenvalue weighted by Crippen LogP contribution is -2.57. The van der Waals surface area contributed by atoms with Crippen molar-refractivity contribution < 1.29 is 19.1 Å². The maximum absolute atomic E-state index is 12.6. The van der Waals surface area contributed by atoms with Crippen molar-refractivity contribution in [1.29, 1.82) is 0 Å². The van der Waals surface area contributed by atoms with Crippen molar-refractivity contribution >= 4 is 35.1 Å². The van der Waals surface area contributed by atoms with E-state index in [0.717, 1.165) is 5.56 Å². The molecule has 1 aromatic heterocycles. The number of alkyl carbamates (subject to hydrolysis) is 1. The fourth-order valence-corrected chi connectivity index (χ4v) is 3.98. The van der Waals surface area contributed by atoms with Crippen molar-refractivity contribution in [2.75, 3.05) is 20.2 Å². The number of hydrogen-bond donors (Lipinski definition) is 1. The standard InChI is InChI=1S/C18H20ClN3O4S/c1-25-16(23)21-18(14-11-27-15(19)20-14)8-5-9-22(12-18)17(24)26-10-13-6-3-2-4-7-13/h2-4,6-7,11H,5,8-10,12H2,1H3,(H,21,23). The third-order valence-corrected chi connectivity index (χ3v) is 5.43. The van der Waals surface area contributed by atoms with Gasteiger partial charge in [0.2, 0.25) is 0 Å². The van der Waals surface area contributed by atoms with Crippen LogP contribution in [0.1, 0.15) is 24.1 Å². The minimum atomic E-state index is -0.860. The zero-order valence-electron chi connectivity index (χ0n) is 14.8. The summed E-state index contributed by atoms with van der Waals surface area (Å²) in [6.07, 6.45) is 0.277. The second-order valence-electron chi connectivity index (χ2n) is 6.25. The summed E-state index contributed by atoms with van der Waals surface area (Å²) in [5, 5.41) is 4.63. The normalized spacial score (nSPS) is 19.4. The molecule has 1 aromatic carbocycles. The van der Waals surface area contributed by atoms with Crippen LogP contribution in [-0.4, -0.2) is 42.3 Å². The summed E-state index contributed by atoms with van der Waals surface area (Å²) in [5.74, 6) is 0. The molecule has 2 aromatic rings. The first-order valence-corrected chi connectivity index (χ1v) is 9.71. The second kappa shape index (κ2) is 8.58. The first kappa shape index (κ1) is 19.4. The molecule has 0 radical (unpaired) electrons. The molecular formula is C18H20ClN3O4S. The van der Waals surface area contributed by atoms with E-state index in [4.69, 9.17) is 21.1 Å². The minimum absolute atomic E-state index is 0.191. The van der Waals surface area contributed by atoms with E-state index in [1.54, 1.807) is 10.3 Å². The Morgan fingerprint density at radius 3 is 2.81 bits per heavy atom. The predicted octanol–water partition coefficient (Wildman–Crippen LogP) is 3.78. The van der Waals surface area contributed by atoms with Crippen LogP contribution >= 0.6 is 22.9 Å². The number of carbonyl (C=O) groups is 2. The van der Waals surface area contributed by atoms with Crippen molar-refractivity contribution in [3.63, 3.8) is 0 Å². The largest absolute Gasteiger partial charge is 0.453 e. The number of halogens is 1. The number of nitrogens with one attached hydrogen (secondary N) is 1. The van der Waals surface area contributed by atoms with Crippen LogP contribution in [-0.2, 0) is 21.6 Å². The molecule has 1 N–H and O–H groups in total. The zero-order chi connectivity index (χ0) is 19.3. The highest BCUT2D eigenvalue weighted by molar-refractivity contribution is 7.14. The summed E-state index contributed by atoms with van der Waals surface area (Å²) < 4.78 is 10.6. The summed E-state index contributed by atoms with van der Waals surface area (Å²) in [6, 6.07) is 9.47. The monoisotopic (exact) mass is 409 g/mol. The Labute approximate surface area is 166 Å². The Morgan fingerprint density at radius 2 is 2.15 bits per heavy atom. The van der Waals surface area contributed by atoms with Gasteiger partial charge in [-0.25, -0.2) is 14.6 Å². The summed E-state index contributed by atoms with van der Waals surface area (Å²) in [5.41, 5.74) is 0.664. The molecule has 1 fully saturated rings. The van der Waals surface area contributed by atoms with Gasteiger partial charge in [-0.1, -0.05) is 41.9 Å². The number of thiazole rings is 1. The number of ether oxygens (including phenoxy) is 2. The number of aromatic nitrogens is 1. The Hall–Kier alpha value is -2.32. The molecule has 7 nitrogen and oxygen atoms in total. The number of rotatable bonds is 4. The first-order chi connectivity index (χ1) is 13.0. The van der Waals surface area contributed by atoms with Crippen LogP contribution in [0.2, 0.25) is 4.47 Å². The van der Waals surface area contributed by atoms with Gasteiger partial charge in [0, 0.05) is 11.9 Å². The molecule has 1 atom stereocenters. The number of hydrogen-bond acceptors (Lipinski definition) is 6. The molecule has 2 amide bonds. The molecule has 144 valence electrons. The lowest BCUT2D eigenvalue weighted by atomic mass is 9.86. The summed E-state index contributed by atoms with van der Waals surface area (Å²) in [4.78, 5) is 30.4. The van der Waals surface area contributed by atoms with E-state index in [1.165, 1.54) is 18.4 Å². The van der Waals surface area contributed by atoms with Gasteiger partial charge in [0.05, 0.1) is 19.3 Å². The van der Waals surface area contributed by atoms with Gasteiger partial charge in [-0.2, -0.15) is 0 Å². The van der Waals surface area contributed by atoms with Crippen molar-refractivity contribution in [2.24, 2.45) is 0 Å². The molecule has 1 aliphatic rings. The van der Waals surface area contributed by atoms with E-state index < -0.39 is 17.7 Å². The average molecular weight is 410 g/mol. The molecule has 2 heterocycles. The highest BCUT2D eigenvalue weighted by Gasteiger charge is 2.42. The molecule has 0 aliphatic carbocycles. The van der Waals surface area contributed by atoms with Gasteiger partial charge in [-0.3, -0.25) is 0 Å². The summed E-state index contributed by atoms with van der Waals surface area (Å²) >= 11 is 7.26. The minimum Gasteiger partial charge on any atom is -0.453 e. The van der Waals surface area contributed by atoms with Gasteiger partial charge in [0.15, 0.2) is 4.47 Å². The quantitative estimate of drug-likeness (QED) is 0.831. The zero-order valence-corrected chi connectivity index (χ0v) is 16.4. The van der Waals surface area contributed by atoms with Gasteiger partial charge in [0.25, 0.3) is 0 Å². The Bertz CT molecular complexity index is 801. The van der Waals surface area contributed by atoms with Crippen molar-refractivity contribution in [3.05, 3.63) is 51.4 Å². The van der Waals surface area contributed by atoms with Crippen LogP contribution in [0.4, 0.5) is 9.59 Å². The smallest absolute Gasteiger partial charge is 0.410 e. The fraction of sp³-hybridized carbons (Fsp3) is 0.389. The lowest BCUT2D eigenvalue weighted by molar-refractivity contribution is 0.0614. The molecular weight excluding hydrogens is 390 g/mol. The fourth-order valence-electron chi connectivity index (χ4n) is 3.12. The average Bonchev–Trinajstić information content (AvgIpc) is 3.14. The predicted molar refractivity (Wildman–Crippen MR) is 102 cm³/mol. The van der Waals surface area contributed by atoms with Gasteiger partial charge in [-0.05, 0) is 18.4 Å². The Balaban J connectivity index is 1.74. The van der Waals surface area contributed by atoms with E-state index in [9.17, 15) is 9.59 Å². The van der Waals surface area contributed by atoms with E-state index in [2.05, 4.69) is 10.3 Å². The maximum Gasteiger partial charge on any atom is 0.410 e. The van der Waals surface area contributed by atoms with Crippen molar-refractivity contribution in [1.82, 2.24) is 15.2 Å². The number of likely N-dealkylation sites (tertiary alicyclic amines) is 1. The lowest BCUT2D eigenvalue weighted by Gasteiger charge is -2.41. The molecule has 1 unspecified atom stereocenters. The molecule has 0 bridgehead atoms. The molecule has 0 saturated carbocycles. The Kier molecular flexibility index (Phi) is 6.18. The van der Waals surface area contributed by atoms with Crippen molar-refractivity contribution in [2.45, 2.75) is 25.0 Å². The number of carbonyl (C=O) groups excluding carboxylic acids is 2. The van der Waals surface area contributed by atoms with Gasteiger partial charge >= 0.3 is 12.2 Å². The SMILES string of the molecule is COC(=O)NC1(c2csc(Cl)n2)CCCN(C(=O)OCc2ccccc2)C1. The highest BCUT2D eigenvalue weighted by Crippen LogP contribution is 2.34. The van der Waals surface area contributed by atoms with E-state index >= 15 is 0 Å². The Morgan fingerprint density at radius 1 is 1.37 bits per heavy atom. The summed E-state index contributed by atoms with van der Waals surface area (Å²) in [7, 11) is 1.30. The van der Waals surface area contributed by atoms with Gasteiger partial charge in [0.1, 0.15) is 12.1 Å².